The Kier molecular flexibility index (Phi) is 12.0. The second-order valence-corrected chi connectivity index (χ2v) is 11.0. The summed E-state index contributed by atoms with van der Waals surface area (Å²) in [4.78, 5) is 0. The molecule has 0 aromatic heterocycles. The van der Waals surface area contributed by atoms with Crippen molar-refractivity contribution in [3.63, 3.8) is 0 Å². The standard InChI is InChI=1S/C35H38F6O3/c1-3-5-7-8-20-43-28-17-18-29(35(41)34(28)40)44-21-24-13-14-25(31(37)30(24)36)22-9-11-23(12-10-22)26-15-16-27(33(39)32(26)38)42-19-6-4-2/h9,13-18,23H,3-8,10-12,19-21H2,1-2H3. The van der Waals surface area contributed by atoms with E-state index < -0.39 is 47.3 Å². The molecule has 4 rings (SSSR count). The van der Waals surface area contributed by atoms with Gasteiger partial charge in [-0.2, -0.15) is 13.2 Å². The average molecular weight is 621 g/mol. The Balaban J connectivity index is 1.39. The van der Waals surface area contributed by atoms with Crippen molar-refractivity contribution in [1.29, 1.82) is 0 Å². The highest BCUT2D eigenvalue weighted by Gasteiger charge is 2.26. The molecule has 3 aromatic carbocycles. The number of allylic oxidation sites excluding steroid dienone is 2. The summed E-state index contributed by atoms with van der Waals surface area (Å²) >= 11 is 0. The van der Waals surface area contributed by atoms with Crippen LogP contribution in [-0.4, -0.2) is 13.2 Å². The molecule has 0 spiro atoms. The van der Waals surface area contributed by atoms with Gasteiger partial charge in [-0.25, -0.2) is 13.2 Å². The molecule has 1 atom stereocenters. The van der Waals surface area contributed by atoms with Gasteiger partial charge in [0.25, 0.3) is 0 Å². The highest BCUT2D eigenvalue weighted by Crippen LogP contribution is 2.40. The normalized spacial score (nSPS) is 14.8. The fourth-order valence-electron chi connectivity index (χ4n) is 5.21. The zero-order chi connectivity index (χ0) is 31.6. The third-order valence-electron chi connectivity index (χ3n) is 7.84. The molecule has 0 amide bonds. The minimum Gasteiger partial charge on any atom is -0.490 e. The minimum absolute atomic E-state index is 0.0497. The lowest BCUT2D eigenvalue weighted by Gasteiger charge is -2.24. The van der Waals surface area contributed by atoms with E-state index in [0.717, 1.165) is 32.1 Å². The van der Waals surface area contributed by atoms with Gasteiger partial charge in [-0.1, -0.05) is 63.8 Å². The average Bonchev–Trinajstić information content (AvgIpc) is 3.03. The Morgan fingerprint density at radius 1 is 0.614 bits per heavy atom. The molecule has 0 N–H and O–H groups in total. The first-order valence-electron chi connectivity index (χ1n) is 15.3. The second-order valence-electron chi connectivity index (χ2n) is 11.0. The van der Waals surface area contributed by atoms with Crippen molar-refractivity contribution in [2.75, 3.05) is 13.2 Å². The van der Waals surface area contributed by atoms with Gasteiger partial charge in [0, 0.05) is 11.1 Å². The number of rotatable bonds is 15. The fraction of sp³-hybridized carbons (Fsp3) is 0.429. The molecular formula is C35H38F6O3. The van der Waals surface area contributed by atoms with E-state index in [9.17, 15) is 17.6 Å². The SMILES string of the molecule is CCCCCCOc1ccc(OCc2ccc(C3=CCC(c4ccc(OCCCC)c(F)c4F)CC3)c(F)c2F)c(F)c1F. The highest BCUT2D eigenvalue weighted by atomic mass is 19.2. The van der Waals surface area contributed by atoms with Gasteiger partial charge in [-0.3, -0.25) is 0 Å². The van der Waals surface area contributed by atoms with Crippen LogP contribution < -0.4 is 14.2 Å². The largest absolute Gasteiger partial charge is 0.490 e. The van der Waals surface area contributed by atoms with Crippen molar-refractivity contribution in [2.45, 2.75) is 84.2 Å². The number of hydrogen-bond donors (Lipinski definition) is 0. The Hall–Kier alpha value is -3.62. The van der Waals surface area contributed by atoms with Gasteiger partial charge in [0.15, 0.2) is 34.7 Å². The summed E-state index contributed by atoms with van der Waals surface area (Å²) in [5, 5.41) is 0. The molecule has 1 aliphatic rings. The van der Waals surface area contributed by atoms with Crippen LogP contribution in [0, 0.1) is 34.9 Å². The third-order valence-corrected chi connectivity index (χ3v) is 7.84. The van der Waals surface area contributed by atoms with Crippen molar-refractivity contribution in [2.24, 2.45) is 0 Å². The Bertz CT molecular complexity index is 1460. The topological polar surface area (TPSA) is 27.7 Å². The van der Waals surface area contributed by atoms with E-state index in [1.807, 2.05) is 6.92 Å². The number of halogens is 6. The highest BCUT2D eigenvalue weighted by molar-refractivity contribution is 5.67. The van der Waals surface area contributed by atoms with Crippen molar-refractivity contribution in [3.05, 3.63) is 94.1 Å². The van der Waals surface area contributed by atoms with Crippen LogP contribution in [0.3, 0.4) is 0 Å². The molecule has 1 unspecified atom stereocenters. The van der Waals surface area contributed by atoms with Gasteiger partial charge >= 0.3 is 0 Å². The molecule has 0 heterocycles. The van der Waals surface area contributed by atoms with E-state index in [1.54, 1.807) is 6.08 Å². The molecule has 1 aliphatic carbocycles. The lowest BCUT2D eigenvalue weighted by Crippen LogP contribution is -2.10. The van der Waals surface area contributed by atoms with Crippen LogP contribution in [0.2, 0.25) is 0 Å². The Labute approximate surface area is 254 Å². The molecule has 9 heteroatoms. The monoisotopic (exact) mass is 620 g/mol. The maximum absolute atomic E-state index is 15.1. The van der Waals surface area contributed by atoms with Crippen LogP contribution in [-0.2, 0) is 6.61 Å². The van der Waals surface area contributed by atoms with E-state index in [-0.39, 0.29) is 40.7 Å². The molecule has 0 fully saturated rings. The first-order valence-corrected chi connectivity index (χ1v) is 15.3. The van der Waals surface area contributed by atoms with Gasteiger partial charge in [-0.05, 0) is 67.4 Å². The van der Waals surface area contributed by atoms with E-state index in [2.05, 4.69) is 6.92 Å². The lowest BCUT2D eigenvalue weighted by molar-refractivity contribution is 0.262. The smallest absolute Gasteiger partial charge is 0.204 e. The summed E-state index contributed by atoms with van der Waals surface area (Å²) < 4.78 is 105. The molecular weight excluding hydrogens is 582 g/mol. The van der Waals surface area contributed by atoms with E-state index in [0.29, 0.717) is 37.9 Å². The molecule has 0 bridgehead atoms. The molecule has 3 aromatic rings. The van der Waals surface area contributed by atoms with E-state index >= 15 is 8.78 Å². The van der Waals surface area contributed by atoms with Gasteiger partial charge < -0.3 is 14.2 Å². The zero-order valence-electron chi connectivity index (χ0n) is 25.1. The fourth-order valence-corrected chi connectivity index (χ4v) is 5.21. The molecule has 0 saturated carbocycles. The summed E-state index contributed by atoms with van der Waals surface area (Å²) in [5.41, 5.74) is 0.642. The van der Waals surface area contributed by atoms with Gasteiger partial charge in [0.2, 0.25) is 17.5 Å². The third kappa shape index (κ3) is 7.90. The van der Waals surface area contributed by atoms with Crippen molar-refractivity contribution in [3.8, 4) is 17.2 Å². The summed E-state index contributed by atoms with van der Waals surface area (Å²) in [7, 11) is 0. The van der Waals surface area contributed by atoms with Crippen LogP contribution in [0.25, 0.3) is 5.57 Å². The van der Waals surface area contributed by atoms with Gasteiger partial charge in [-0.15, -0.1) is 0 Å². The Morgan fingerprint density at radius 2 is 1.23 bits per heavy atom. The molecule has 0 radical (unpaired) electrons. The molecule has 0 saturated heterocycles. The lowest BCUT2D eigenvalue weighted by atomic mass is 9.82. The maximum atomic E-state index is 15.1. The van der Waals surface area contributed by atoms with Crippen LogP contribution in [0.5, 0.6) is 17.2 Å². The number of ether oxygens (including phenoxy) is 3. The quantitative estimate of drug-likeness (QED) is 0.125. The van der Waals surface area contributed by atoms with Crippen LogP contribution in [0.4, 0.5) is 26.3 Å². The number of hydrogen-bond acceptors (Lipinski definition) is 3. The number of benzene rings is 3. The Morgan fingerprint density at radius 3 is 1.86 bits per heavy atom. The first-order chi connectivity index (χ1) is 21.3. The van der Waals surface area contributed by atoms with Crippen LogP contribution in [0.15, 0.2) is 42.5 Å². The van der Waals surface area contributed by atoms with Crippen LogP contribution >= 0.6 is 0 Å². The van der Waals surface area contributed by atoms with E-state index in [1.165, 1.54) is 36.4 Å². The summed E-state index contributed by atoms with van der Waals surface area (Å²) in [5.74, 6) is -7.86. The maximum Gasteiger partial charge on any atom is 0.204 e. The summed E-state index contributed by atoms with van der Waals surface area (Å²) in [6.45, 7) is 4.05. The van der Waals surface area contributed by atoms with Gasteiger partial charge in [0.1, 0.15) is 6.61 Å². The first kappa shape index (κ1) is 33.3. The van der Waals surface area contributed by atoms with Crippen molar-refractivity contribution >= 4 is 5.57 Å². The minimum atomic E-state index is -1.27. The van der Waals surface area contributed by atoms with E-state index in [4.69, 9.17) is 14.2 Å². The molecule has 3 nitrogen and oxygen atoms in total. The summed E-state index contributed by atoms with van der Waals surface area (Å²) in [6.07, 6.45) is 8.05. The second kappa shape index (κ2) is 15.9. The van der Waals surface area contributed by atoms with Crippen molar-refractivity contribution in [1.82, 2.24) is 0 Å². The summed E-state index contributed by atoms with van der Waals surface area (Å²) in [6, 6.07) is 8.10. The molecule has 238 valence electrons. The predicted molar refractivity (Wildman–Crippen MR) is 158 cm³/mol. The number of unbranched alkanes of at least 4 members (excludes halogenated alkanes) is 4. The molecule has 44 heavy (non-hydrogen) atoms. The van der Waals surface area contributed by atoms with Crippen LogP contribution in [0.1, 0.15) is 94.2 Å². The zero-order valence-corrected chi connectivity index (χ0v) is 25.1. The van der Waals surface area contributed by atoms with Gasteiger partial charge in [0.05, 0.1) is 13.2 Å². The molecule has 0 aliphatic heterocycles. The predicted octanol–water partition coefficient (Wildman–Crippen LogP) is 10.6. The van der Waals surface area contributed by atoms with Crippen molar-refractivity contribution < 1.29 is 40.6 Å².